The maximum absolute atomic E-state index is 6.13. The Morgan fingerprint density at radius 2 is 1.81 bits per heavy atom. The standard InChI is InChI=1S/C14H21NO/c1-11(15)14(12-7-3-2-4-8-12)16-13-9-5-6-10-13/h2-4,7-8,11,13-14H,5-6,9-10,15H2,1H3. The summed E-state index contributed by atoms with van der Waals surface area (Å²) in [5.74, 6) is 0. The maximum Gasteiger partial charge on any atom is 0.0976 e. The number of benzene rings is 1. The van der Waals surface area contributed by atoms with Crippen LogP contribution in [0.25, 0.3) is 0 Å². The molecule has 0 aliphatic heterocycles. The first-order valence-corrected chi connectivity index (χ1v) is 6.23. The van der Waals surface area contributed by atoms with Gasteiger partial charge >= 0.3 is 0 Å². The van der Waals surface area contributed by atoms with Crippen LogP contribution in [0.3, 0.4) is 0 Å². The third-order valence-electron chi connectivity index (χ3n) is 3.25. The van der Waals surface area contributed by atoms with Crippen molar-refractivity contribution >= 4 is 0 Å². The molecular weight excluding hydrogens is 198 g/mol. The quantitative estimate of drug-likeness (QED) is 0.844. The van der Waals surface area contributed by atoms with Gasteiger partial charge in [-0.3, -0.25) is 0 Å². The summed E-state index contributed by atoms with van der Waals surface area (Å²) >= 11 is 0. The number of hydrogen-bond donors (Lipinski definition) is 1. The van der Waals surface area contributed by atoms with Crippen LogP contribution in [0.15, 0.2) is 30.3 Å². The summed E-state index contributed by atoms with van der Waals surface area (Å²) in [5, 5.41) is 0. The Hall–Kier alpha value is -0.860. The Bertz CT molecular complexity index is 304. The van der Waals surface area contributed by atoms with Crippen molar-refractivity contribution in [2.75, 3.05) is 0 Å². The lowest BCUT2D eigenvalue weighted by atomic mass is 10.0. The lowest BCUT2D eigenvalue weighted by Crippen LogP contribution is -2.29. The highest BCUT2D eigenvalue weighted by atomic mass is 16.5. The highest BCUT2D eigenvalue weighted by Crippen LogP contribution is 2.29. The highest BCUT2D eigenvalue weighted by Gasteiger charge is 2.23. The summed E-state index contributed by atoms with van der Waals surface area (Å²) in [7, 11) is 0. The van der Waals surface area contributed by atoms with Crippen LogP contribution in [-0.2, 0) is 4.74 Å². The van der Waals surface area contributed by atoms with Gasteiger partial charge in [0.1, 0.15) is 0 Å². The Morgan fingerprint density at radius 1 is 1.19 bits per heavy atom. The molecule has 88 valence electrons. The molecule has 2 unspecified atom stereocenters. The second-order valence-electron chi connectivity index (χ2n) is 4.73. The van der Waals surface area contributed by atoms with Crippen molar-refractivity contribution < 1.29 is 4.74 Å². The van der Waals surface area contributed by atoms with E-state index in [1.165, 1.54) is 31.2 Å². The second kappa shape index (κ2) is 5.46. The largest absolute Gasteiger partial charge is 0.369 e. The fourth-order valence-corrected chi connectivity index (χ4v) is 2.38. The van der Waals surface area contributed by atoms with Gasteiger partial charge in [-0.25, -0.2) is 0 Å². The van der Waals surface area contributed by atoms with Crippen LogP contribution in [0.5, 0.6) is 0 Å². The average Bonchev–Trinajstić information content (AvgIpc) is 2.79. The predicted molar refractivity (Wildman–Crippen MR) is 66.2 cm³/mol. The third-order valence-corrected chi connectivity index (χ3v) is 3.25. The van der Waals surface area contributed by atoms with Gasteiger partial charge in [-0.1, -0.05) is 43.2 Å². The minimum Gasteiger partial charge on any atom is -0.369 e. The van der Waals surface area contributed by atoms with E-state index in [4.69, 9.17) is 10.5 Å². The third kappa shape index (κ3) is 2.83. The Morgan fingerprint density at radius 3 is 2.38 bits per heavy atom. The van der Waals surface area contributed by atoms with Gasteiger partial charge in [-0.05, 0) is 25.3 Å². The zero-order chi connectivity index (χ0) is 11.4. The van der Waals surface area contributed by atoms with E-state index in [0.29, 0.717) is 6.10 Å². The number of hydrogen-bond acceptors (Lipinski definition) is 2. The van der Waals surface area contributed by atoms with Crippen molar-refractivity contribution in [3.05, 3.63) is 35.9 Å². The van der Waals surface area contributed by atoms with Crippen molar-refractivity contribution in [2.45, 2.75) is 50.9 Å². The van der Waals surface area contributed by atoms with Crippen LogP contribution < -0.4 is 5.73 Å². The van der Waals surface area contributed by atoms with Crippen LogP contribution in [0.4, 0.5) is 0 Å². The molecule has 0 heterocycles. The van der Waals surface area contributed by atoms with Crippen LogP contribution in [0, 0.1) is 0 Å². The van der Waals surface area contributed by atoms with Crippen molar-refractivity contribution in [1.82, 2.24) is 0 Å². The number of ether oxygens (including phenoxy) is 1. The van der Waals surface area contributed by atoms with Crippen LogP contribution in [-0.4, -0.2) is 12.1 Å². The lowest BCUT2D eigenvalue weighted by molar-refractivity contribution is -0.0201. The van der Waals surface area contributed by atoms with Gasteiger partial charge < -0.3 is 10.5 Å². The summed E-state index contributed by atoms with van der Waals surface area (Å²) in [6.07, 6.45) is 5.43. The van der Waals surface area contributed by atoms with Gasteiger partial charge in [0, 0.05) is 6.04 Å². The molecule has 1 fully saturated rings. The molecule has 1 aromatic rings. The summed E-state index contributed by atoms with van der Waals surface area (Å²) in [4.78, 5) is 0. The van der Waals surface area contributed by atoms with Gasteiger partial charge in [0.15, 0.2) is 0 Å². The molecule has 1 aliphatic rings. The van der Waals surface area contributed by atoms with Crippen LogP contribution in [0.1, 0.15) is 44.3 Å². The topological polar surface area (TPSA) is 35.2 Å². The first-order chi connectivity index (χ1) is 7.77. The minimum atomic E-state index is 0.0444. The van der Waals surface area contributed by atoms with Crippen molar-refractivity contribution in [3.8, 4) is 0 Å². The first-order valence-electron chi connectivity index (χ1n) is 6.23. The van der Waals surface area contributed by atoms with Gasteiger partial charge in [-0.2, -0.15) is 0 Å². The van der Waals surface area contributed by atoms with Crippen molar-refractivity contribution in [2.24, 2.45) is 5.73 Å². The first kappa shape index (κ1) is 11.6. The summed E-state index contributed by atoms with van der Waals surface area (Å²) in [6.45, 7) is 2.02. The van der Waals surface area contributed by atoms with Crippen LogP contribution >= 0.6 is 0 Å². The molecule has 0 spiro atoms. The lowest BCUT2D eigenvalue weighted by Gasteiger charge is -2.25. The molecular formula is C14H21NO. The molecule has 0 saturated heterocycles. The monoisotopic (exact) mass is 219 g/mol. The van der Waals surface area contributed by atoms with E-state index in [9.17, 15) is 0 Å². The Balaban J connectivity index is 2.05. The second-order valence-corrected chi connectivity index (χ2v) is 4.73. The molecule has 16 heavy (non-hydrogen) atoms. The predicted octanol–water partition coefficient (Wildman–Crippen LogP) is 3.03. The normalized spacial score (nSPS) is 20.9. The Kier molecular flexibility index (Phi) is 3.97. The Labute approximate surface area is 97.8 Å². The van der Waals surface area contributed by atoms with E-state index < -0.39 is 0 Å². The molecule has 1 saturated carbocycles. The SMILES string of the molecule is CC(N)C(OC1CCCC1)c1ccccc1. The molecule has 2 heteroatoms. The van der Waals surface area contributed by atoms with Crippen molar-refractivity contribution in [1.29, 1.82) is 0 Å². The average molecular weight is 219 g/mol. The summed E-state index contributed by atoms with van der Waals surface area (Å²) < 4.78 is 6.13. The molecule has 1 aliphatic carbocycles. The molecule has 0 bridgehead atoms. The summed E-state index contributed by atoms with van der Waals surface area (Å²) in [6, 6.07) is 10.4. The van der Waals surface area contributed by atoms with E-state index in [1.54, 1.807) is 0 Å². The number of nitrogens with two attached hydrogens (primary N) is 1. The fourth-order valence-electron chi connectivity index (χ4n) is 2.38. The molecule has 2 nitrogen and oxygen atoms in total. The molecule has 0 radical (unpaired) electrons. The zero-order valence-corrected chi connectivity index (χ0v) is 9.93. The molecule has 2 rings (SSSR count). The van der Waals surface area contributed by atoms with Crippen LogP contribution in [0.2, 0.25) is 0 Å². The van der Waals surface area contributed by atoms with Gasteiger partial charge in [0.2, 0.25) is 0 Å². The summed E-state index contributed by atoms with van der Waals surface area (Å²) in [5.41, 5.74) is 7.22. The molecule has 1 aromatic carbocycles. The zero-order valence-electron chi connectivity index (χ0n) is 9.93. The van der Waals surface area contributed by atoms with Gasteiger partial charge in [0.05, 0.1) is 12.2 Å². The minimum absolute atomic E-state index is 0.0444. The maximum atomic E-state index is 6.13. The van der Waals surface area contributed by atoms with Gasteiger partial charge in [-0.15, -0.1) is 0 Å². The highest BCUT2D eigenvalue weighted by molar-refractivity contribution is 5.18. The molecule has 0 amide bonds. The van der Waals surface area contributed by atoms with E-state index in [1.807, 2.05) is 25.1 Å². The van der Waals surface area contributed by atoms with E-state index >= 15 is 0 Å². The van der Waals surface area contributed by atoms with E-state index in [0.717, 1.165) is 0 Å². The van der Waals surface area contributed by atoms with Gasteiger partial charge in [0.25, 0.3) is 0 Å². The van der Waals surface area contributed by atoms with E-state index in [2.05, 4.69) is 12.1 Å². The van der Waals surface area contributed by atoms with E-state index in [-0.39, 0.29) is 12.1 Å². The fraction of sp³-hybridized carbons (Fsp3) is 0.571. The molecule has 2 N–H and O–H groups in total. The van der Waals surface area contributed by atoms with Crippen molar-refractivity contribution in [3.63, 3.8) is 0 Å². The number of rotatable bonds is 4. The smallest absolute Gasteiger partial charge is 0.0976 e. The molecule has 2 atom stereocenters. The molecule has 0 aromatic heterocycles.